The lowest BCUT2D eigenvalue weighted by Crippen LogP contribution is -2.33. The van der Waals surface area contributed by atoms with Crippen molar-refractivity contribution in [3.05, 3.63) is 17.5 Å². The average molecular weight is 235 g/mol. The zero-order chi connectivity index (χ0) is 12.4. The van der Waals surface area contributed by atoms with Crippen LogP contribution < -0.4 is 5.73 Å². The maximum atomic E-state index is 12.2. The maximum Gasteiger partial charge on any atom is 0.199 e. The number of nitrogens with zero attached hydrogens (tertiary/aromatic N) is 2. The third kappa shape index (κ3) is 2.75. The van der Waals surface area contributed by atoms with Crippen LogP contribution in [-0.2, 0) is 7.05 Å². The van der Waals surface area contributed by atoms with Crippen LogP contribution in [0.2, 0.25) is 0 Å². The molecular formula is C13H21N3O. The van der Waals surface area contributed by atoms with Gasteiger partial charge in [-0.25, -0.2) is 0 Å². The maximum absolute atomic E-state index is 12.2. The monoisotopic (exact) mass is 235 g/mol. The fourth-order valence-electron chi connectivity index (χ4n) is 2.74. The first-order valence-electron chi connectivity index (χ1n) is 6.38. The lowest BCUT2D eigenvalue weighted by molar-refractivity contribution is 0.0942. The predicted molar refractivity (Wildman–Crippen MR) is 66.8 cm³/mol. The summed E-state index contributed by atoms with van der Waals surface area (Å²) in [6, 6.07) is -0.383. The zero-order valence-electron chi connectivity index (χ0n) is 10.6. The van der Waals surface area contributed by atoms with Gasteiger partial charge in [0.15, 0.2) is 5.78 Å². The van der Waals surface area contributed by atoms with E-state index >= 15 is 0 Å². The van der Waals surface area contributed by atoms with Crippen LogP contribution in [0.1, 0.15) is 48.2 Å². The van der Waals surface area contributed by atoms with Gasteiger partial charge >= 0.3 is 0 Å². The van der Waals surface area contributed by atoms with Crippen LogP contribution in [0.15, 0.2) is 6.20 Å². The van der Waals surface area contributed by atoms with Gasteiger partial charge in [-0.2, -0.15) is 5.10 Å². The lowest BCUT2D eigenvalue weighted by atomic mass is 9.95. The van der Waals surface area contributed by atoms with Crippen molar-refractivity contribution in [1.29, 1.82) is 0 Å². The van der Waals surface area contributed by atoms with Crippen molar-refractivity contribution < 1.29 is 4.79 Å². The molecule has 2 rings (SSSR count). The van der Waals surface area contributed by atoms with Crippen LogP contribution in [0.4, 0.5) is 0 Å². The topological polar surface area (TPSA) is 60.9 Å². The van der Waals surface area contributed by atoms with E-state index in [4.69, 9.17) is 5.73 Å². The fourth-order valence-corrected chi connectivity index (χ4v) is 2.74. The van der Waals surface area contributed by atoms with Crippen LogP contribution in [0.25, 0.3) is 0 Å². The molecule has 0 bridgehead atoms. The highest BCUT2D eigenvalue weighted by Gasteiger charge is 2.25. The molecule has 0 aliphatic heterocycles. The van der Waals surface area contributed by atoms with E-state index in [1.54, 1.807) is 4.68 Å². The molecule has 1 atom stereocenters. The summed E-state index contributed by atoms with van der Waals surface area (Å²) < 4.78 is 1.67. The highest BCUT2D eigenvalue weighted by atomic mass is 16.1. The molecule has 1 aliphatic rings. The molecule has 4 heteroatoms. The van der Waals surface area contributed by atoms with Gasteiger partial charge in [-0.3, -0.25) is 9.48 Å². The number of rotatable bonds is 4. The first kappa shape index (κ1) is 12.3. The Morgan fingerprint density at radius 2 is 2.24 bits per heavy atom. The lowest BCUT2D eigenvalue weighted by Gasteiger charge is -2.14. The largest absolute Gasteiger partial charge is 0.321 e. The summed E-state index contributed by atoms with van der Waals surface area (Å²) in [5.41, 5.74) is 7.46. The third-order valence-electron chi connectivity index (χ3n) is 3.64. The molecule has 1 fully saturated rings. The Labute approximate surface area is 102 Å². The smallest absolute Gasteiger partial charge is 0.199 e. The van der Waals surface area contributed by atoms with E-state index < -0.39 is 0 Å². The van der Waals surface area contributed by atoms with E-state index in [9.17, 15) is 4.79 Å². The Kier molecular flexibility index (Phi) is 3.62. The first-order chi connectivity index (χ1) is 8.08. The summed E-state index contributed by atoms with van der Waals surface area (Å²) in [7, 11) is 1.83. The molecule has 0 aromatic carbocycles. The number of nitrogens with two attached hydrogens (primary N) is 1. The molecular weight excluding hydrogens is 214 g/mol. The van der Waals surface area contributed by atoms with Gasteiger partial charge in [0.1, 0.15) is 5.69 Å². The standard InChI is InChI=1S/C13H21N3O/c1-9-8-16(2)15-12(9)13(17)11(14)7-10-5-3-4-6-10/h8,10-11H,3-7,14H2,1-2H3. The minimum atomic E-state index is -0.383. The van der Waals surface area contributed by atoms with E-state index in [2.05, 4.69) is 5.10 Å². The second-order valence-corrected chi connectivity index (χ2v) is 5.19. The Morgan fingerprint density at radius 3 is 2.76 bits per heavy atom. The number of ketones is 1. The van der Waals surface area contributed by atoms with Crippen LogP contribution in [0.5, 0.6) is 0 Å². The van der Waals surface area contributed by atoms with Crippen molar-refractivity contribution in [2.24, 2.45) is 18.7 Å². The van der Waals surface area contributed by atoms with Crippen LogP contribution >= 0.6 is 0 Å². The van der Waals surface area contributed by atoms with Crippen LogP contribution in [0.3, 0.4) is 0 Å². The molecule has 1 aliphatic carbocycles. The van der Waals surface area contributed by atoms with Crippen molar-refractivity contribution in [2.45, 2.75) is 45.1 Å². The first-order valence-corrected chi connectivity index (χ1v) is 6.38. The van der Waals surface area contributed by atoms with Crippen molar-refractivity contribution in [1.82, 2.24) is 9.78 Å². The van der Waals surface area contributed by atoms with E-state index in [-0.39, 0.29) is 11.8 Å². The molecule has 2 N–H and O–H groups in total. The molecule has 0 radical (unpaired) electrons. The summed E-state index contributed by atoms with van der Waals surface area (Å²) in [6.07, 6.45) is 7.69. The van der Waals surface area contributed by atoms with E-state index in [0.29, 0.717) is 11.6 Å². The summed E-state index contributed by atoms with van der Waals surface area (Å²) in [5, 5.41) is 4.19. The predicted octanol–water partition coefficient (Wildman–Crippen LogP) is 1.82. The van der Waals surface area contributed by atoms with E-state index in [0.717, 1.165) is 12.0 Å². The third-order valence-corrected chi connectivity index (χ3v) is 3.64. The minimum absolute atomic E-state index is 0.00463. The second-order valence-electron chi connectivity index (χ2n) is 5.19. The summed E-state index contributed by atoms with van der Waals surface area (Å²) in [5.74, 6) is 0.632. The molecule has 0 saturated heterocycles. The Bertz CT molecular complexity index is 405. The van der Waals surface area contributed by atoms with Gasteiger partial charge in [-0.05, 0) is 24.8 Å². The Hall–Kier alpha value is -1.16. The van der Waals surface area contributed by atoms with Crippen molar-refractivity contribution in [2.75, 3.05) is 0 Å². The number of aromatic nitrogens is 2. The summed E-state index contributed by atoms with van der Waals surface area (Å²) in [6.45, 7) is 1.91. The highest BCUT2D eigenvalue weighted by Crippen LogP contribution is 2.28. The normalized spacial score (nSPS) is 18.5. The van der Waals surface area contributed by atoms with Gasteiger partial charge < -0.3 is 5.73 Å². The molecule has 0 amide bonds. The highest BCUT2D eigenvalue weighted by molar-refractivity contribution is 5.99. The Balaban J connectivity index is 2.01. The molecule has 1 aromatic rings. The molecule has 1 heterocycles. The number of hydrogen-bond donors (Lipinski definition) is 1. The number of Topliss-reactive ketones (excluding diaryl/α,β-unsaturated/α-hetero) is 1. The van der Waals surface area contributed by atoms with Crippen LogP contribution in [-0.4, -0.2) is 21.6 Å². The van der Waals surface area contributed by atoms with Gasteiger partial charge in [0.05, 0.1) is 6.04 Å². The van der Waals surface area contributed by atoms with Gasteiger partial charge in [0.2, 0.25) is 0 Å². The SMILES string of the molecule is Cc1cn(C)nc1C(=O)C(N)CC1CCCC1. The number of aryl methyl sites for hydroxylation is 2. The zero-order valence-corrected chi connectivity index (χ0v) is 10.6. The van der Waals surface area contributed by atoms with Crippen LogP contribution in [0, 0.1) is 12.8 Å². The quantitative estimate of drug-likeness (QED) is 0.810. The molecule has 1 aromatic heterocycles. The molecule has 1 unspecified atom stereocenters. The molecule has 17 heavy (non-hydrogen) atoms. The average Bonchev–Trinajstić information content (AvgIpc) is 2.87. The number of carbonyl (C=O) groups is 1. The van der Waals surface area contributed by atoms with Crippen molar-refractivity contribution in [3.8, 4) is 0 Å². The van der Waals surface area contributed by atoms with Gasteiger partial charge in [0, 0.05) is 13.2 Å². The summed E-state index contributed by atoms with van der Waals surface area (Å²) >= 11 is 0. The summed E-state index contributed by atoms with van der Waals surface area (Å²) in [4.78, 5) is 12.2. The fraction of sp³-hybridized carbons (Fsp3) is 0.692. The second kappa shape index (κ2) is 5.00. The van der Waals surface area contributed by atoms with Crippen molar-refractivity contribution in [3.63, 3.8) is 0 Å². The Morgan fingerprint density at radius 1 is 1.59 bits per heavy atom. The van der Waals surface area contributed by atoms with Crippen molar-refractivity contribution >= 4 is 5.78 Å². The van der Waals surface area contributed by atoms with Gasteiger partial charge in [-0.15, -0.1) is 0 Å². The molecule has 94 valence electrons. The van der Waals surface area contributed by atoms with Gasteiger partial charge in [0.25, 0.3) is 0 Å². The number of carbonyl (C=O) groups excluding carboxylic acids is 1. The molecule has 1 saturated carbocycles. The molecule has 0 spiro atoms. The molecule has 4 nitrogen and oxygen atoms in total. The number of hydrogen-bond acceptors (Lipinski definition) is 3. The van der Waals surface area contributed by atoms with E-state index in [1.165, 1.54) is 25.7 Å². The minimum Gasteiger partial charge on any atom is -0.321 e. The van der Waals surface area contributed by atoms with Gasteiger partial charge in [-0.1, -0.05) is 25.7 Å². The van der Waals surface area contributed by atoms with E-state index in [1.807, 2.05) is 20.2 Å².